The number of benzene rings is 1. The number of rotatable bonds is 3. The monoisotopic (exact) mass is 232 g/mol. The minimum atomic E-state index is -0.852. The Bertz CT molecular complexity index is 500. The van der Waals surface area contributed by atoms with Crippen molar-refractivity contribution in [2.75, 3.05) is 0 Å². The van der Waals surface area contributed by atoms with Gasteiger partial charge >= 0.3 is 5.97 Å². The van der Waals surface area contributed by atoms with E-state index >= 15 is 0 Å². The van der Waals surface area contributed by atoms with Gasteiger partial charge in [-0.25, -0.2) is 4.79 Å². The number of hydrogen-bond donors (Lipinski definition) is 1. The van der Waals surface area contributed by atoms with E-state index in [4.69, 9.17) is 5.11 Å². The summed E-state index contributed by atoms with van der Waals surface area (Å²) in [6, 6.07) is 11.4. The highest BCUT2D eigenvalue weighted by molar-refractivity contribution is 7.16. The third-order valence-electron chi connectivity index (χ3n) is 2.40. The van der Waals surface area contributed by atoms with Gasteiger partial charge in [-0.15, -0.1) is 11.3 Å². The number of aryl methyl sites for hydroxylation is 1. The lowest BCUT2D eigenvalue weighted by Crippen LogP contribution is -1.95. The van der Waals surface area contributed by atoms with Gasteiger partial charge in [0.1, 0.15) is 0 Å². The molecule has 0 fully saturated rings. The molecule has 1 aromatic heterocycles. The lowest BCUT2D eigenvalue weighted by Gasteiger charge is -1.98. The number of aromatic carboxylic acids is 1. The van der Waals surface area contributed by atoms with Crippen molar-refractivity contribution in [1.82, 2.24) is 0 Å². The maximum absolute atomic E-state index is 11.1. The van der Waals surface area contributed by atoms with E-state index in [-0.39, 0.29) is 0 Å². The Kier molecular flexibility index (Phi) is 3.06. The first kappa shape index (κ1) is 10.9. The molecule has 82 valence electrons. The molecule has 0 atom stereocenters. The zero-order valence-corrected chi connectivity index (χ0v) is 9.75. The molecular formula is C13H12O2S. The molecule has 2 aromatic rings. The van der Waals surface area contributed by atoms with Gasteiger partial charge in [-0.05, 0) is 18.1 Å². The quantitative estimate of drug-likeness (QED) is 0.876. The van der Waals surface area contributed by atoms with E-state index in [1.165, 1.54) is 0 Å². The third kappa shape index (κ3) is 1.99. The number of carboxylic acid groups (broad SMARTS) is 1. The second kappa shape index (κ2) is 4.49. The third-order valence-corrected chi connectivity index (χ3v) is 3.73. The van der Waals surface area contributed by atoms with Crippen LogP contribution >= 0.6 is 11.3 Å². The first-order valence-corrected chi connectivity index (χ1v) is 5.95. The van der Waals surface area contributed by atoms with Crippen molar-refractivity contribution in [2.45, 2.75) is 13.3 Å². The minimum Gasteiger partial charge on any atom is -0.478 e. The van der Waals surface area contributed by atoms with Gasteiger partial charge in [-0.3, -0.25) is 0 Å². The SMILES string of the molecule is CCc1cc(C(=O)O)c(-c2ccccc2)s1. The summed E-state index contributed by atoms with van der Waals surface area (Å²) in [7, 11) is 0. The Morgan fingerprint density at radius 3 is 2.56 bits per heavy atom. The second-order valence-corrected chi connectivity index (χ2v) is 4.62. The molecule has 0 spiro atoms. The smallest absolute Gasteiger partial charge is 0.337 e. The van der Waals surface area contributed by atoms with E-state index in [1.807, 2.05) is 37.3 Å². The van der Waals surface area contributed by atoms with Crippen LogP contribution in [-0.4, -0.2) is 11.1 Å². The van der Waals surface area contributed by atoms with Crippen LogP contribution in [0.4, 0.5) is 0 Å². The van der Waals surface area contributed by atoms with Crippen LogP contribution in [-0.2, 0) is 6.42 Å². The van der Waals surface area contributed by atoms with E-state index < -0.39 is 5.97 Å². The number of carboxylic acids is 1. The van der Waals surface area contributed by atoms with Crippen LogP contribution in [0.5, 0.6) is 0 Å². The van der Waals surface area contributed by atoms with Gasteiger partial charge in [-0.1, -0.05) is 37.3 Å². The van der Waals surface area contributed by atoms with Gasteiger partial charge in [0, 0.05) is 9.75 Å². The molecule has 0 aliphatic heterocycles. The van der Waals surface area contributed by atoms with E-state index in [1.54, 1.807) is 17.4 Å². The van der Waals surface area contributed by atoms with Crippen molar-refractivity contribution < 1.29 is 9.90 Å². The van der Waals surface area contributed by atoms with E-state index in [0.717, 1.165) is 21.7 Å². The summed E-state index contributed by atoms with van der Waals surface area (Å²) in [5.41, 5.74) is 1.39. The van der Waals surface area contributed by atoms with Crippen LogP contribution < -0.4 is 0 Å². The van der Waals surface area contributed by atoms with Gasteiger partial charge in [0.25, 0.3) is 0 Å². The maximum atomic E-state index is 11.1. The molecule has 0 amide bonds. The molecule has 1 aromatic carbocycles. The topological polar surface area (TPSA) is 37.3 Å². The van der Waals surface area contributed by atoms with Crippen LogP contribution in [0.2, 0.25) is 0 Å². The summed E-state index contributed by atoms with van der Waals surface area (Å²) in [5.74, 6) is -0.852. The summed E-state index contributed by atoms with van der Waals surface area (Å²) in [4.78, 5) is 13.1. The average Bonchev–Trinajstić information content (AvgIpc) is 2.74. The predicted octanol–water partition coefficient (Wildman–Crippen LogP) is 3.68. The molecule has 1 heterocycles. The van der Waals surface area contributed by atoms with Crippen molar-refractivity contribution in [3.8, 4) is 10.4 Å². The van der Waals surface area contributed by atoms with Crippen LogP contribution in [0.1, 0.15) is 22.2 Å². The van der Waals surface area contributed by atoms with Crippen LogP contribution in [0.15, 0.2) is 36.4 Å². The summed E-state index contributed by atoms with van der Waals surface area (Å²) in [6.45, 7) is 2.03. The van der Waals surface area contributed by atoms with Gasteiger partial charge < -0.3 is 5.11 Å². The standard InChI is InChI=1S/C13H12O2S/c1-2-10-8-11(13(14)15)12(16-10)9-6-4-3-5-7-9/h3-8H,2H2,1H3,(H,14,15). The number of carbonyl (C=O) groups is 1. The Morgan fingerprint density at radius 1 is 1.31 bits per heavy atom. The van der Waals surface area contributed by atoms with Gasteiger partial charge in [0.15, 0.2) is 0 Å². The Hall–Kier alpha value is -1.61. The minimum absolute atomic E-state index is 0.410. The zero-order valence-electron chi connectivity index (χ0n) is 8.93. The maximum Gasteiger partial charge on any atom is 0.337 e. The molecular weight excluding hydrogens is 220 g/mol. The normalized spacial score (nSPS) is 10.3. The number of thiophene rings is 1. The highest BCUT2D eigenvalue weighted by Gasteiger charge is 2.15. The average molecular weight is 232 g/mol. The first-order valence-electron chi connectivity index (χ1n) is 5.13. The lowest BCUT2D eigenvalue weighted by atomic mass is 10.1. The zero-order chi connectivity index (χ0) is 11.5. The van der Waals surface area contributed by atoms with E-state index in [2.05, 4.69) is 0 Å². The molecule has 2 rings (SSSR count). The molecule has 0 aliphatic rings. The van der Waals surface area contributed by atoms with Crippen molar-refractivity contribution in [3.05, 3.63) is 46.8 Å². The lowest BCUT2D eigenvalue weighted by molar-refractivity contribution is 0.0698. The fraction of sp³-hybridized carbons (Fsp3) is 0.154. The van der Waals surface area contributed by atoms with E-state index in [9.17, 15) is 4.79 Å². The molecule has 0 bridgehead atoms. The highest BCUT2D eigenvalue weighted by atomic mass is 32.1. The summed E-state index contributed by atoms with van der Waals surface area (Å²) in [5, 5.41) is 9.14. The van der Waals surface area contributed by atoms with Crippen LogP contribution in [0, 0.1) is 0 Å². The summed E-state index contributed by atoms with van der Waals surface area (Å²) >= 11 is 1.56. The van der Waals surface area contributed by atoms with Gasteiger partial charge in [0.2, 0.25) is 0 Å². The molecule has 0 unspecified atom stereocenters. The molecule has 0 aliphatic carbocycles. The number of hydrogen-bond acceptors (Lipinski definition) is 2. The van der Waals surface area contributed by atoms with E-state index in [0.29, 0.717) is 5.56 Å². The largest absolute Gasteiger partial charge is 0.478 e. The molecule has 3 heteroatoms. The fourth-order valence-electron chi connectivity index (χ4n) is 1.58. The molecule has 0 saturated carbocycles. The fourth-order valence-corrected chi connectivity index (χ4v) is 2.67. The second-order valence-electron chi connectivity index (χ2n) is 3.48. The van der Waals surface area contributed by atoms with Crippen molar-refractivity contribution >= 4 is 17.3 Å². The molecule has 0 saturated heterocycles. The molecule has 0 radical (unpaired) electrons. The van der Waals surface area contributed by atoms with Crippen molar-refractivity contribution in [3.63, 3.8) is 0 Å². The highest BCUT2D eigenvalue weighted by Crippen LogP contribution is 2.32. The van der Waals surface area contributed by atoms with Crippen molar-refractivity contribution in [2.24, 2.45) is 0 Å². The summed E-state index contributed by atoms with van der Waals surface area (Å²) < 4.78 is 0. The molecule has 16 heavy (non-hydrogen) atoms. The molecule has 1 N–H and O–H groups in total. The van der Waals surface area contributed by atoms with Crippen LogP contribution in [0.25, 0.3) is 10.4 Å². The predicted molar refractivity (Wildman–Crippen MR) is 66.1 cm³/mol. The van der Waals surface area contributed by atoms with Crippen molar-refractivity contribution in [1.29, 1.82) is 0 Å². The Balaban J connectivity index is 2.55. The van der Waals surface area contributed by atoms with Crippen LogP contribution in [0.3, 0.4) is 0 Å². The van der Waals surface area contributed by atoms with Gasteiger partial charge in [0.05, 0.1) is 5.56 Å². The Morgan fingerprint density at radius 2 is 2.00 bits per heavy atom. The first-order chi connectivity index (χ1) is 7.72. The summed E-state index contributed by atoms with van der Waals surface area (Å²) in [6.07, 6.45) is 0.873. The molecule has 2 nitrogen and oxygen atoms in total. The van der Waals surface area contributed by atoms with Gasteiger partial charge in [-0.2, -0.15) is 0 Å². The Labute approximate surface area is 98.2 Å².